The Kier molecular flexibility index (Phi) is 3.35. The molecule has 6 heteroatoms. The largest absolute Gasteiger partial charge is 0.478 e. The number of carboxylic acid groups (broad SMARTS) is 1. The molecular formula is C15H13N3O3. The van der Waals surface area contributed by atoms with E-state index < -0.39 is 5.97 Å². The van der Waals surface area contributed by atoms with Gasteiger partial charge in [0.25, 0.3) is 5.91 Å². The van der Waals surface area contributed by atoms with Gasteiger partial charge in [-0.05, 0) is 36.1 Å². The number of hydrogen-bond acceptors (Lipinski definition) is 4. The second-order valence-electron chi connectivity index (χ2n) is 4.91. The standard InChI is InChI=1S/C15H13N3O3/c19-14(11-6-16-8-17-7-11)18-13-4-3-9-1-2-10(15(20)21)5-12(9)13/h1-2,5-8,13H,3-4H2,(H,18,19)(H,20,21)/t13-/m1/s1. The highest BCUT2D eigenvalue weighted by Crippen LogP contribution is 2.32. The van der Waals surface area contributed by atoms with Crippen LogP contribution in [0.25, 0.3) is 0 Å². The number of aromatic nitrogens is 2. The van der Waals surface area contributed by atoms with Gasteiger partial charge >= 0.3 is 5.97 Å². The number of fused-ring (bicyclic) bond motifs is 1. The van der Waals surface area contributed by atoms with E-state index in [0.29, 0.717) is 5.56 Å². The van der Waals surface area contributed by atoms with Crippen molar-refractivity contribution in [3.63, 3.8) is 0 Å². The number of carbonyl (C=O) groups is 2. The van der Waals surface area contributed by atoms with Crippen LogP contribution in [0.3, 0.4) is 0 Å². The molecule has 0 saturated carbocycles. The Morgan fingerprint density at radius 2 is 1.95 bits per heavy atom. The minimum absolute atomic E-state index is 0.174. The molecule has 2 aromatic rings. The van der Waals surface area contributed by atoms with Crippen LogP contribution in [0.15, 0.2) is 36.9 Å². The highest BCUT2D eigenvalue weighted by molar-refractivity contribution is 5.94. The van der Waals surface area contributed by atoms with Gasteiger partial charge in [0.2, 0.25) is 0 Å². The summed E-state index contributed by atoms with van der Waals surface area (Å²) in [6.45, 7) is 0. The molecule has 0 aliphatic heterocycles. The summed E-state index contributed by atoms with van der Waals surface area (Å²) in [4.78, 5) is 30.8. The van der Waals surface area contributed by atoms with Crippen LogP contribution in [0.1, 0.15) is 44.3 Å². The van der Waals surface area contributed by atoms with E-state index in [0.717, 1.165) is 24.0 Å². The molecule has 3 rings (SSSR count). The Labute approximate surface area is 120 Å². The molecule has 1 aromatic heterocycles. The highest BCUT2D eigenvalue weighted by Gasteiger charge is 2.25. The molecular weight excluding hydrogens is 270 g/mol. The SMILES string of the molecule is O=C(O)c1ccc2c(c1)[C@H](NC(=O)c1cncnc1)CC2. The van der Waals surface area contributed by atoms with Crippen molar-refractivity contribution in [3.05, 3.63) is 59.2 Å². The van der Waals surface area contributed by atoms with E-state index in [9.17, 15) is 9.59 Å². The van der Waals surface area contributed by atoms with Crippen LogP contribution in [-0.2, 0) is 6.42 Å². The van der Waals surface area contributed by atoms with Gasteiger partial charge in [0.1, 0.15) is 6.33 Å². The molecule has 2 N–H and O–H groups in total. The lowest BCUT2D eigenvalue weighted by Gasteiger charge is -2.14. The minimum atomic E-state index is -0.966. The van der Waals surface area contributed by atoms with Gasteiger partial charge in [-0.3, -0.25) is 4.79 Å². The van der Waals surface area contributed by atoms with Gasteiger partial charge in [-0.2, -0.15) is 0 Å². The van der Waals surface area contributed by atoms with Crippen LogP contribution >= 0.6 is 0 Å². The number of nitrogens with zero attached hydrogens (tertiary/aromatic N) is 2. The van der Waals surface area contributed by atoms with Gasteiger partial charge in [-0.1, -0.05) is 6.07 Å². The Bertz CT molecular complexity index is 701. The van der Waals surface area contributed by atoms with Crippen LogP contribution in [0.4, 0.5) is 0 Å². The van der Waals surface area contributed by atoms with Crippen molar-refractivity contribution < 1.29 is 14.7 Å². The summed E-state index contributed by atoms with van der Waals surface area (Å²) in [6.07, 6.45) is 5.85. The first kappa shape index (κ1) is 13.2. The van der Waals surface area contributed by atoms with Gasteiger partial charge < -0.3 is 10.4 Å². The number of hydrogen-bond donors (Lipinski definition) is 2. The highest BCUT2D eigenvalue weighted by atomic mass is 16.4. The molecule has 21 heavy (non-hydrogen) atoms. The number of amides is 1. The van der Waals surface area contributed by atoms with E-state index in [2.05, 4.69) is 15.3 Å². The van der Waals surface area contributed by atoms with E-state index >= 15 is 0 Å². The van der Waals surface area contributed by atoms with Crippen LogP contribution in [0.5, 0.6) is 0 Å². The van der Waals surface area contributed by atoms with Crippen molar-refractivity contribution in [3.8, 4) is 0 Å². The van der Waals surface area contributed by atoms with Crippen LogP contribution in [-0.4, -0.2) is 27.0 Å². The third-order valence-electron chi connectivity index (χ3n) is 3.60. The number of rotatable bonds is 3. The van der Waals surface area contributed by atoms with Crippen LogP contribution in [0.2, 0.25) is 0 Å². The summed E-state index contributed by atoms with van der Waals surface area (Å²) in [5.74, 6) is -1.22. The quantitative estimate of drug-likeness (QED) is 0.892. The number of benzene rings is 1. The Hall–Kier alpha value is -2.76. The monoisotopic (exact) mass is 283 g/mol. The zero-order valence-corrected chi connectivity index (χ0v) is 11.1. The van der Waals surface area contributed by atoms with Crippen molar-refractivity contribution in [1.29, 1.82) is 0 Å². The second-order valence-corrected chi connectivity index (χ2v) is 4.91. The van der Waals surface area contributed by atoms with Crippen molar-refractivity contribution >= 4 is 11.9 Å². The first-order valence-corrected chi connectivity index (χ1v) is 6.57. The molecule has 1 aliphatic carbocycles. The summed E-state index contributed by atoms with van der Waals surface area (Å²) in [5, 5.41) is 12.0. The minimum Gasteiger partial charge on any atom is -0.478 e. The molecule has 6 nitrogen and oxygen atoms in total. The number of aryl methyl sites for hydroxylation is 1. The third kappa shape index (κ3) is 2.60. The van der Waals surface area contributed by atoms with Crippen LogP contribution in [0, 0.1) is 0 Å². The number of nitrogens with one attached hydrogen (secondary N) is 1. The summed E-state index contributed by atoms with van der Waals surface area (Å²) in [7, 11) is 0. The predicted octanol–water partition coefficient (Wildman–Crippen LogP) is 1.59. The van der Waals surface area contributed by atoms with E-state index in [-0.39, 0.29) is 17.5 Å². The maximum Gasteiger partial charge on any atom is 0.335 e. The zero-order valence-electron chi connectivity index (χ0n) is 11.1. The average Bonchev–Trinajstić information content (AvgIpc) is 2.90. The fraction of sp³-hybridized carbons (Fsp3) is 0.200. The molecule has 1 aliphatic rings. The Balaban J connectivity index is 1.82. The van der Waals surface area contributed by atoms with E-state index in [1.165, 1.54) is 18.7 Å². The topological polar surface area (TPSA) is 92.2 Å². The van der Waals surface area contributed by atoms with Gasteiger partial charge in [-0.15, -0.1) is 0 Å². The molecule has 1 atom stereocenters. The molecule has 1 aromatic carbocycles. The van der Waals surface area contributed by atoms with Crippen LogP contribution < -0.4 is 5.32 Å². The predicted molar refractivity (Wildman–Crippen MR) is 74.0 cm³/mol. The van der Waals surface area contributed by atoms with Gasteiger partial charge in [0, 0.05) is 12.4 Å². The first-order valence-electron chi connectivity index (χ1n) is 6.57. The smallest absolute Gasteiger partial charge is 0.335 e. The third-order valence-corrected chi connectivity index (χ3v) is 3.60. The molecule has 0 radical (unpaired) electrons. The average molecular weight is 283 g/mol. The second kappa shape index (κ2) is 5.32. The maximum absolute atomic E-state index is 12.1. The molecule has 0 saturated heterocycles. The molecule has 0 bridgehead atoms. The lowest BCUT2D eigenvalue weighted by molar-refractivity contribution is 0.0696. The first-order chi connectivity index (χ1) is 10.1. The molecule has 106 valence electrons. The van der Waals surface area contributed by atoms with Gasteiger partial charge in [-0.25, -0.2) is 14.8 Å². The molecule has 0 spiro atoms. The lowest BCUT2D eigenvalue weighted by atomic mass is 10.0. The molecule has 0 unspecified atom stereocenters. The normalized spacial score (nSPS) is 16.3. The van der Waals surface area contributed by atoms with E-state index in [4.69, 9.17) is 5.11 Å². The number of carboxylic acids is 1. The summed E-state index contributed by atoms with van der Waals surface area (Å²) < 4.78 is 0. The van der Waals surface area contributed by atoms with Crippen molar-refractivity contribution in [1.82, 2.24) is 15.3 Å². The fourth-order valence-electron chi connectivity index (χ4n) is 2.54. The summed E-state index contributed by atoms with van der Waals surface area (Å²) in [5.41, 5.74) is 2.58. The molecule has 1 amide bonds. The molecule has 0 fully saturated rings. The van der Waals surface area contributed by atoms with E-state index in [1.54, 1.807) is 12.1 Å². The van der Waals surface area contributed by atoms with Crippen molar-refractivity contribution in [2.75, 3.05) is 0 Å². The molecule has 1 heterocycles. The van der Waals surface area contributed by atoms with E-state index in [1.807, 2.05) is 6.07 Å². The fourth-order valence-corrected chi connectivity index (χ4v) is 2.54. The van der Waals surface area contributed by atoms with Gasteiger partial charge in [0.15, 0.2) is 0 Å². The Morgan fingerprint density at radius 3 is 2.67 bits per heavy atom. The maximum atomic E-state index is 12.1. The number of carbonyl (C=O) groups excluding carboxylic acids is 1. The van der Waals surface area contributed by atoms with Crippen molar-refractivity contribution in [2.45, 2.75) is 18.9 Å². The zero-order chi connectivity index (χ0) is 14.8. The lowest BCUT2D eigenvalue weighted by Crippen LogP contribution is -2.27. The van der Waals surface area contributed by atoms with Crippen molar-refractivity contribution in [2.24, 2.45) is 0 Å². The summed E-state index contributed by atoms with van der Waals surface area (Å²) in [6, 6.07) is 4.87. The van der Waals surface area contributed by atoms with Gasteiger partial charge in [0.05, 0.1) is 17.2 Å². The Morgan fingerprint density at radius 1 is 1.19 bits per heavy atom. The number of aromatic carboxylic acids is 1. The summed E-state index contributed by atoms with van der Waals surface area (Å²) >= 11 is 0.